The molecule has 0 saturated heterocycles. The van der Waals surface area contributed by atoms with Crippen LogP contribution in [0.5, 0.6) is 0 Å². The number of carbonyl (C=O) groups excluding carboxylic acids is 1. The molecule has 1 amide bonds. The number of carboxylic acids is 1. The van der Waals surface area contributed by atoms with Crippen LogP contribution >= 0.6 is 0 Å². The van der Waals surface area contributed by atoms with Crippen LogP contribution in [0.1, 0.15) is 39.5 Å². The van der Waals surface area contributed by atoms with E-state index in [1.807, 2.05) is 13.8 Å². The van der Waals surface area contributed by atoms with Crippen molar-refractivity contribution in [2.24, 2.45) is 17.6 Å². The maximum absolute atomic E-state index is 11.5. The number of nitrogens with two attached hydrogens (primary N) is 1. The van der Waals surface area contributed by atoms with Gasteiger partial charge in [-0.15, -0.1) is 0 Å². The van der Waals surface area contributed by atoms with Gasteiger partial charge in [0.05, 0.1) is 0 Å². The van der Waals surface area contributed by atoms with E-state index < -0.39 is 5.97 Å². The van der Waals surface area contributed by atoms with Crippen molar-refractivity contribution >= 4 is 11.9 Å². The van der Waals surface area contributed by atoms with Crippen LogP contribution in [0, 0.1) is 11.8 Å². The van der Waals surface area contributed by atoms with E-state index in [9.17, 15) is 9.59 Å². The summed E-state index contributed by atoms with van der Waals surface area (Å²) in [5.41, 5.74) is 5.38. The number of amides is 1. The molecular weight excluding hydrogens is 220 g/mol. The number of hydrogen-bond donors (Lipinski definition) is 3. The molecule has 100 valence electrons. The van der Waals surface area contributed by atoms with Crippen LogP contribution in [-0.2, 0) is 9.59 Å². The van der Waals surface area contributed by atoms with E-state index in [0.29, 0.717) is 31.8 Å². The van der Waals surface area contributed by atoms with Crippen LogP contribution in [0.3, 0.4) is 0 Å². The highest BCUT2D eigenvalue weighted by atomic mass is 16.4. The smallest absolute Gasteiger partial charge is 0.303 e. The summed E-state index contributed by atoms with van der Waals surface area (Å²) in [4.78, 5) is 21.9. The molecule has 0 aromatic rings. The second-order valence-corrected chi connectivity index (χ2v) is 4.60. The molecule has 0 rings (SSSR count). The van der Waals surface area contributed by atoms with Crippen molar-refractivity contribution in [1.29, 1.82) is 0 Å². The molecule has 17 heavy (non-hydrogen) atoms. The Morgan fingerprint density at radius 2 is 1.88 bits per heavy atom. The third-order valence-electron chi connectivity index (χ3n) is 2.83. The number of aliphatic carboxylic acids is 1. The third kappa shape index (κ3) is 8.68. The van der Waals surface area contributed by atoms with Gasteiger partial charge in [-0.25, -0.2) is 0 Å². The minimum atomic E-state index is -0.766. The quantitative estimate of drug-likeness (QED) is 0.563. The molecular formula is C12H24N2O3. The molecule has 0 saturated carbocycles. The summed E-state index contributed by atoms with van der Waals surface area (Å²) < 4.78 is 0. The Morgan fingerprint density at radius 1 is 1.24 bits per heavy atom. The van der Waals surface area contributed by atoms with Gasteiger partial charge in [-0.05, 0) is 31.7 Å². The predicted molar refractivity (Wildman–Crippen MR) is 66.5 cm³/mol. The van der Waals surface area contributed by atoms with E-state index in [2.05, 4.69) is 5.32 Å². The maximum atomic E-state index is 11.5. The summed E-state index contributed by atoms with van der Waals surface area (Å²) in [6.07, 6.45) is 2.36. The molecule has 0 heterocycles. The first-order valence-electron chi connectivity index (χ1n) is 6.17. The summed E-state index contributed by atoms with van der Waals surface area (Å²) in [5, 5.41) is 11.4. The fraction of sp³-hybridized carbons (Fsp3) is 0.833. The van der Waals surface area contributed by atoms with Gasteiger partial charge in [0.2, 0.25) is 5.91 Å². The fourth-order valence-corrected chi connectivity index (χ4v) is 1.51. The summed E-state index contributed by atoms with van der Waals surface area (Å²) in [7, 11) is 0. The van der Waals surface area contributed by atoms with E-state index in [-0.39, 0.29) is 18.2 Å². The molecule has 5 heteroatoms. The Labute approximate surface area is 103 Å². The summed E-state index contributed by atoms with van der Waals surface area (Å²) in [6, 6.07) is 0. The number of carbonyl (C=O) groups is 2. The Hall–Kier alpha value is -1.10. The lowest BCUT2D eigenvalue weighted by Gasteiger charge is -2.13. The van der Waals surface area contributed by atoms with Crippen molar-refractivity contribution in [1.82, 2.24) is 5.32 Å². The normalized spacial score (nSPS) is 14.1. The zero-order valence-electron chi connectivity index (χ0n) is 10.7. The van der Waals surface area contributed by atoms with E-state index in [4.69, 9.17) is 10.8 Å². The average molecular weight is 244 g/mol. The summed E-state index contributed by atoms with van der Waals surface area (Å²) >= 11 is 0. The first-order chi connectivity index (χ1) is 7.97. The Bertz CT molecular complexity index is 244. The largest absolute Gasteiger partial charge is 0.481 e. The molecule has 0 bridgehead atoms. The SMILES string of the molecule is CC(CCNC(=O)C(C)CCN)CCC(=O)O. The molecule has 0 fully saturated rings. The predicted octanol–water partition coefficient (Wildman–Crippen LogP) is 0.979. The highest BCUT2D eigenvalue weighted by Gasteiger charge is 2.11. The number of carboxylic acid groups (broad SMARTS) is 1. The van der Waals surface area contributed by atoms with Gasteiger partial charge < -0.3 is 16.2 Å². The maximum Gasteiger partial charge on any atom is 0.303 e. The van der Waals surface area contributed by atoms with Gasteiger partial charge in [0.1, 0.15) is 0 Å². The molecule has 5 nitrogen and oxygen atoms in total. The van der Waals surface area contributed by atoms with Crippen molar-refractivity contribution in [2.45, 2.75) is 39.5 Å². The molecule has 2 atom stereocenters. The second kappa shape index (κ2) is 8.98. The van der Waals surface area contributed by atoms with E-state index >= 15 is 0 Å². The van der Waals surface area contributed by atoms with Gasteiger partial charge in [0, 0.05) is 18.9 Å². The van der Waals surface area contributed by atoms with Crippen LogP contribution in [0.25, 0.3) is 0 Å². The van der Waals surface area contributed by atoms with Crippen molar-refractivity contribution < 1.29 is 14.7 Å². The van der Waals surface area contributed by atoms with Gasteiger partial charge >= 0.3 is 5.97 Å². The average Bonchev–Trinajstić information content (AvgIpc) is 2.26. The molecule has 4 N–H and O–H groups in total. The Kier molecular flexibility index (Phi) is 8.40. The molecule has 0 aliphatic heterocycles. The van der Waals surface area contributed by atoms with Crippen molar-refractivity contribution in [3.63, 3.8) is 0 Å². The lowest BCUT2D eigenvalue weighted by atomic mass is 10.0. The van der Waals surface area contributed by atoms with Gasteiger partial charge in [-0.2, -0.15) is 0 Å². The van der Waals surface area contributed by atoms with E-state index in [0.717, 1.165) is 6.42 Å². The van der Waals surface area contributed by atoms with Crippen LogP contribution in [0.4, 0.5) is 0 Å². The summed E-state index contributed by atoms with van der Waals surface area (Å²) in [6.45, 7) is 4.98. The van der Waals surface area contributed by atoms with Gasteiger partial charge in [-0.3, -0.25) is 9.59 Å². The third-order valence-corrected chi connectivity index (χ3v) is 2.83. The summed E-state index contributed by atoms with van der Waals surface area (Å²) in [5.74, 6) is -0.469. The number of rotatable bonds is 9. The van der Waals surface area contributed by atoms with Gasteiger partial charge in [0.15, 0.2) is 0 Å². The van der Waals surface area contributed by atoms with Gasteiger partial charge in [0.25, 0.3) is 0 Å². The monoisotopic (exact) mass is 244 g/mol. The van der Waals surface area contributed by atoms with E-state index in [1.54, 1.807) is 0 Å². The topological polar surface area (TPSA) is 92.4 Å². The Morgan fingerprint density at radius 3 is 2.41 bits per heavy atom. The molecule has 0 spiro atoms. The minimum Gasteiger partial charge on any atom is -0.481 e. The molecule has 0 radical (unpaired) electrons. The van der Waals surface area contributed by atoms with Crippen LogP contribution in [-0.4, -0.2) is 30.1 Å². The highest BCUT2D eigenvalue weighted by Crippen LogP contribution is 2.09. The minimum absolute atomic E-state index is 0.0286. The molecule has 0 aliphatic carbocycles. The Balaban J connectivity index is 3.61. The van der Waals surface area contributed by atoms with Crippen LogP contribution in [0.15, 0.2) is 0 Å². The zero-order chi connectivity index (χ0) is 13.3. The highest BCUT2D eigenvalue weighted by molar-refractivity contribution is 5.78. The molecule has 0 aromatic carbocycles. The van der Waals surface area contributed by atoms with Crippen LogP contribution in [0.2, 0.25) is 0 Å². The standard InChI is InChI=1S/C12H24N2O3/c1-9(3-4-11(15)16)6-8-14-12(17)10(2)5-7-13/h9-10H,3-8,13H2,1-2H3,(H,14,17)(H,15,16). The van der Waals surface area contributed by atoms with E-state index in [1.165, 1.54) is 0 Å². The molecule has 0 aromatic heterocycles. The second-order valence-electron chi connectivity index (χ2n) is 4.60. The van der Waals surface area contributed by atoms with Crippen LogP contribution < -0.4 is 11.1 Å². The number of nitrogens with one attached hydrogen (secondary N) is 1. The molecule has 0 aliphatic rings. The molecule has 2 unspecified atom stereocenters. The lowest BCUT2D eigenvalue weighted by molar-refractivity contribution is -0.137. The van der Waals surface area contributed by atoms with Crippen molar-refractivity contribution in [2.75, 3.05) is 13.1 Å². The first-order valence-corrected chi connectivity index (χ1v) is 6.17. The lowest BCUT2D eigenvalue weighted by Crippen LogP contribution is -2.31. The fourth-order valence-electron chi connectivity index (χ4n) is 1.51. The van der Waals surface area contributed by atoms with Crippen molar-refractivity contribution in [3.8, 4) is 0 Å². The van der Waals surface area contributed by atoms with Crippen molar-refractivity contribution in [3.05, 3.63) is 0 Å². The zero-order valence-corrected chi connectivity index (χ0v) is 10.7. The van der Waals surface area contributed by atoms with Gasteiger partial charge in [-0.1, -0.05) is 13.8 Å². The number of hydrogen-bond acceptors (Lipinski definition) is 3. The first kappa shape index (κ1) is 15.9.